The van der Waals surface area contributed by atoms with E-state index in [1.54, 1.807) is 0 Å². The van der Waals surface area contributed by atoms with Gasteiger partial charge in [0.1, 0.15) is 4.64 Å². The molecule has 0 atom stereocenters. The molecule has 1 aliphatic carbocycles. The Morgan fingerprint density at radius 1 is 1.29 bits per heavy atom. The number of pyridine rings is 1. The fourth-order valence-electron chi connectivity index (χ4n) is 2.41. The molecule has 0 spiro atoms. The summed E-state index contributed by atoms with van der Waals surface area (Å²) < 4.78 is 2.77. The molecule has 0 bridgehead atoms. The zero-order valence-electron chi connectivity index (χ0n) is 14.8. The fraction of sp³-hybridized carbons (Fsp3) is 0.421. The molecule has 0 amide bonds. The minimum atomic E-state index is 0.696. The van der Waals surface area contributed by atoms with Crippen LogP contribution in [0.5, 0.6) is 0 Å². The molecule has 0 aliphatic heterocycles. The van der Waals surface area contributed by atoms with Crippen LogP contribution < -0.4 is 5.73 Å². The molecule has 0 unspecified atom stereocenters. The zero-order chi connectivity index (χ0) is 17.5. The Morgan fingerprint density at radius 2 is 2.00 bits per heavy atom. The summed E-state index contributed by atoms with van der Waals surface area (Å²) in [7, 11) is 2.03. The molecule has 2 aromatic heterocycles. The Labute approximate surface area is 149 Å². The molecule has 2 aromatic rings. The monoisotopic (exact) mass is 344 g/mol. The predicted molar refractivity (Wildman–Crippen MR) is 104 cm³/mol. The number of H-pyrrole nitrogens is 2. The standard InChI is InChI=1S/C16H19N3S.C3H9N/c1-11-9-15(12-3-4-12)18-19(2)8-7-14(11)13-5-6-16(20)17-10-13;1-2-3-4/h5-10,12,18H,3-4H2,1-2H3,(H,17,20);2-4H2,1H3. The third kappa shape index (κ3) is 5.35. The lowest BCUT2D eigenvalue weighted by atomic mass is 10.0. The van der Waals surface area contributed by atoms with Crippen LogP contribution in [-0.2, 0) is 7.05 Å². The maximum atomic E-state index is 5.11. The van der Waals surface area contributed by atoms with Crippen LogP contribution in [0.3, 0.4) is 0 Å². The van der Waals surface area contributed by atoms with Crippen LogP contribution in [0, 0.1) is 11.6 Å². The summed E-state index contributed by atoms with van der Waals surface area (Å²) in [6, 6.07) is 8.41. The van der Waals surface area contributed by atoms with Gasteiger partial charge < -0.3 is 15.8 Å². The highest BCUT2D eigenvalue weighted by atomic mass is 32.1. The maximum absolute atomic E-state index is 5.11. The van der Waals surface area contributed by atoms with E-state index in [0.29, 0.717) is 5.92 Å². The molecule has 130 valence electrons. The van der Waals surface area contributed by atoms with Crippen molar-refractivity contribution in [1.29, 1.82) is 0 Å². The maximum Gasteiger partial charge on any atom is 0.103 e. The molecule has 4 N–H and O–H groups in total. The van der Waals surface area contributed by atoms with Crippen molar-refractivity contribution in [1.82, 2.24) is 14.8 Å². The van der Waals surface area contributed by atoms with E-state index in [0.717, 1.165) is 23.2 Å². The average Bonchev–Trinajstić information content (AvgIpc) is 3.40. The number of nitrogens with two attached hydrogens (primary N) is 1. The molecule has 3 rings (SSSR count). The van der Waals surface area contributed by atoms with Crippen molar-refractivity contribution < 1.29 is 0 Å². The van der Waals surface area contributed by atoms with Crippen molar-refractivity contribution in [2.45, 2.75) is 39.0 Å². The summed E-state index contributed by atoms with van der Waals surface area (Å²) in [6.07, 6.45) is 7.72. The average molecular weight is 345 g/mol. The van der Waals surface area contributed by atoms with Crippen molar-refractivity contribution in [2.24, 2.45) is 12.8 Å². The number of nitrogens with zero attached hydrogens (tertiary/aromatic N) is 1. The minimum Gasteiger partial charge on any atom is -0.352 e. The highest BCUT2D eigenvalue weighted by Gasteiger charge is 2.24. The number of nitrogens with one attached hydrogen (secondary N) is 2. The molecular formula is C19H28N4S. The predicted octanol–water partition coefficient (Wildman–Crippen LogP) is 4.74. The Balaban J connectivity index is 0.000000471. The number of aryl methyl sites for hydroxylation is 2. The van der Waals surface area contributed by atoms with Crippen molar-refractivity contribution in [3.05, 3.63) is 52.6 Å². The van der Waals surface area contributed by atoms with E-state index < -0.39 is 0 Å². The zero-order valence-corrected chi connectivity index (χ0v) is 15.6. The van der Waals surface area contributed by atoms with E-state index in [9.17, 15) is 0 Å². The Morgan fingerprint density at radius 3 is 2.54 bits per heavy atom. The molecule has 24 heavy (non-hydrogen) atoms. The SMILES string of the molecule is CCCN.Cc1cc(C2CC2)[nH]n(C)ccc1-c1ccc(=S)[nH]c1. The van der Waals surface area contributed by atoms with Crippen LogP contribution in [-0.4, -0.2) is 21.3 Å². The summed E-state index contributed by atoms with van der Waals surface area (Å²) in [5.41, 5.74) is 10.0. The molecule has 4 nitrogen and oxygen atoms in total. The summed E-state index contributed by atoms with van der Waals surface area (Å²) >= 11 is 5.11. The number of hydrogen-bond acceptors (Lipinski definition) is 2. The molecular weight excluding hydrogens is 316 g/mol. The molecule has 2 heterocycles. The molecule has 1 fully saturated rings. The molecule has 1 saturated carbocycles. The normalized spacial score (nSPS) is 13.0. The summed E-state index contributed by atoms with van der Waals surface area (Å²) in [4.78, 5) is 3.11. The van der Waals surface area contributed by atoms with Crippen LogP contribution in [0.1, 0.15) is 43.4 Å². The summed E-state index contributed by atoms with van der Waals surface area (Å²) in [5.74, 6) is 0.696. The second-order valence-electron chi connectivity index (χ2n) is 6.24. The third-order valence-corrected chi connectivity index (χ3v) is 4.22. The van der Waals surface area contributed by atoms with Gasteiger partial charge in [-0.3, -0.25) is 4.68 Å². The van der Waals surface area contributed by atoms with Gasteiger partial charge in [-0.15, -0.1) is 0 Å². The van der Waals surface area contributed by atoms with E-state index in [-0.39, 0.29) is 0 Å². The number of hydrogen-bond donors (Lipinski definition) is 3. The van der Waals surface area contributed by atoms with Gasteiger partial charge in [0.25, 0.3) is 0 Å². The number of aromatic amines is 2. The number of rotatable bonds is 3. The molecule has 1 aliphatic rings. The summed E-state index contributed by atoms with van der Waals surface area (Å²) in [5, 5.41) is 3.44. The van der Waals surface area contributed by atoms with Gasteiger partial charge in [0.05, 0.1) is 0 Å². The first-order chi connectivity index (χ1) is 11.5. The molecule has 5 heteroatoms. The topological polar surface area (TPSA) is 62.5 Å². The lowest BCUT2D eigenvalue weighted by Crippen LogP contribution is -1.98. The van der Waals surface area contributed by atoms with Crippen LogP contribution in [0.15, 0.2) is 36.7 Å². The first-order valence-electron chi connectivity index (χ1n) is 8.54. The van der Waals surface area contributed by atoms with Gasteiger partial charge >= 0.3 is 0 Å². The van der Waals surface area contributed by atoms with E-state index in [1.165, 1.54) is 29.7 Å². The fourth-order valence-corrected chi connectivity index (χ4v) is 2.53. The second-order valence-corrected chi connectivity index (χ2v) is 6.68. The summed E-state index contributed by atoms with van der Waals surface area (Å²) in [6.45, 7) is 5.04. The highest BCUT2D eigenvalue weighted by Crippen LogP contribution is 2.39. The second kappa shape index (κ2) is 8.85. The molecule has 0 aromatic carbocycles. The Bertz CT molecular complexity index is 741. The van der Waals surface area contributed by atoms with Gasteiger partial charge in [0.2, 0.25) is 0 Å². The van der Waals surface area contributed by atoms with Crippen LogP contribution in [0.25, 0.3) is 11.1 Å². The van der Waals surface area contributed by atoms with Gasteiger partial charge in [0.15, 0.2) is 0 Å². The van der Waals surface area contributed by atoms with Crippen molar-refractivity contribution in [3.63, 3.8) is 0 Å². The molecule has 0 radical (unpaired) electrons. The highest BCUT2D eigenvalue weighted by molar-refractivity contribution is 7.71. The van der Waals surface area contributed by atoms with Crippen molar-refractivity contribution in [2.75, 3.05) is 6.54 Å². The minimum absolute atomic E-state index is 0.696. The van der Waals surface area contributed by atoms with Crippen molar-refractivity contribution in [3.8, 4) is 11.1 Å². The van der Waals surface area contributed by atoms with E-state index in [1.807, 2.05) is 24.0 Å². The van der Waals surface area contributed by atoms with E-state index in [2.05, 4.69) is 48.3 Å². The van der Waals surface area contributed by atoms with Crippen molar-refractivity contribution >= 4 is 12.2 Å². The van der Waals surface area contributed by atoms with Gasteiger partial charge in [-0.05, 0) is 73.7 Å². The third-order valence-electron chi connectivity index (χ3n) is 3.97. The van der Waals surface area contributed by atoms with Gasteiger partial charge in [-0.1, -0.05) is 19.1 Å². The van der Waals surface area contributed by atoms with E-state index >= 15 is 0 Å². The first kappa shape index (κ1) is 18.5. The van der Waals surface area contributed by atoms with E-state index in [4.69, 9.17) is 18.0 Å². The van der Waals surface area contributed by atoms with Crippen LogP contribution in [0.2, 0.25) is 0 Å². The molecule has 0 saturated heterocycles. The Hall–Kier alpha value is -1.85. The van der Waals surface area contributed by atoms with Gasteiger partial charge in [-0.25, -0.2) is 0 Å². The Kier molecular flexibility index (Phi) is 6.82. The number of aromatic nitrogens is 3. The van der Waals surface area contributed by atoms with Gasteiger partial charge in [0, 0.05) is 31.1 Å². The van der Waals surface area contributed by atoms with Crippen LogP contribution >= 0.6 is 12.2 Å². The lowest BCUT2D eigenvalue weighted by Gasteiger charge is -2.08. The van der Waals surface area contributed by atoms with Crippen LogP contribution in [0.4, 0.5) is 0 Å². The lowest BCUT2D eigenvalue weighted by molar-refractivity contribution is 0.713. The largest absolute Gasteiger partial charge is 0.352 e. The van der Waals surface area contributed by atoms with Gasteiger partial charge in [-0.2, -0.15) is 0 Å². The quantitative estimate of drug-likeness (QED) is 0.704. The first-order valence-corrected chi connectivity index (χ1v) is 8.95. The smallest absolute Gasteiger partial charge is 0.103 e.